The van der Waals surface area contributed by atoms with Crippen molar-refractivity contribution in [2.75, 3.05) is 12.4 Å². The second-order valence-electron chi connectivity index (χ2n) is 6.92. The van der Waals surface area contributed by atoms with Crippen molar-refractivity contribution in [1.29, 1.82) is 0 Å². The van der Waals surface area contributed by atoms with Crippen LogP contribution in [-0.4, -0.2) is 32.9 Å². The van der Waals surface area contributed by atoms with Gasteiger partial charge in [0.1, 0.15) is 11.4 Å². The van der Waals surface area contributed by atoms with Crippen LogP contribution >= 0.6 is 0 Å². The standard InChI is InChI=1S/C22H27N5O/c1-7-15(4)24-22-20(14(2)3)26-21(16(5)25-22)18-10-9-17(13-19(18)28-6)27-12-8-11-23-27/h8-13,15H,2,7H2,1,3-6H3,(H,24,25). The highest BCUT2D eigenvalue weighted by atomic mass is 16.5. The van der Waals surface area contributed by atoms with Gasteiger partial charge in [0, 0.05) is 30.1 Å². The highest BCUT2D eigenvalue weighted by Crippen LogP contribution is 2.34. The van der Waals surface area contributed by atoms with Gasteiger partial charge in [0.2, 0.25) is 0 Å². The van der Waals surface area contributed by atoms with Crippen LogP contribution in [-0.2, 0) is 0 Å². The first-order valence-corrected chi connectivity index (χ1v) is 9.44. The Hall–Kier alpha value is -3.15. The third-order valence-corrected chi connectivity index (χ3v) is 4.68. The molecule has 1 N–H and O–H groups in total. The van der Waals surface area contributed by atoms with Crippen molar-refractivity contribution >= 4 is 11.4 Å². The summed E-state index contributed by atoms with van der Waals surface area (Å²) in [5.41, 5.74) is 5.08. The minimum absolute atomic E-state index is 0.306. The number of nitrogens with zero attached hydrogens (tertiary/aromatic N) is 4. The van der Waals surface area contributed by atoms with Crippen molar-refractivity contribution in [2.45, 2.75) is 40.2 Å². The Labute approximate surface area is 166 Å². The first-order chi connectivity index (χ1) is 13.4. The van der Waals surface area contributed by atoms with Crippen molar-refractivity contribution in [3.8, 4) is 22.7 Å². The Morgan fingerprint density at radius 2 is 2.11 bits per heavy atom. The molecule has 6 heteroatoms. The largest absolute Gasteiger partial charge is 0.496 e. The maximum Gasteiger partial charge on any atom is 0.152 e. The van der Waals surface area contributed by atoms with Crippen molar-refractivity contribution in [3.63, 3.8) is 0 Å². The number of nitrogens with one attached hydrogen (secondary N) is 1. The predicted molar refractivity (Wildman–Crippen MR) is 114 cm³/mol. The molecule has 0 saturated carbocycles. The van der Waals surface area contributed by atoms with E-state index >= 15 is 0 Å². The number of allylic oxidation sites excluding steroid dienone is 1. The van der Waals surface area contributed by atoms with Crippen molar-refractivity contribution < 1.29 is 4.74 Å². The minimum Gasteiger partial charge on any atom is -0.496 e. The Balaban J connectivity index is 2.10. The van der Waals surface area contributed by atoms with E-state index in [0.717, 1.165) is 51.9 Å². The van der Waals surface area contributed by atoms with Crippen LogP contribution < -0.4 is 10.1 Å². The lowest BCUT2D eigenvalue weighted by Gasteiger charge is -2.18. The average molecular weight is 377 g/mol. The van der Waals surface area contributed by atoms with Gasteiger partial charge in [-0.05, 0) is 51.0 Å². The first kappa shape index (κ1) is 19.6. The zero-order valence-corrected chi connectivity index (χ0v) is 17.2. The molecule has 0 amide bonds. The second-order valence-corrected chi connectivity index (χ2v) is 6.92. The molecular formula is C22H27N5O. The number of aryl methyl sites for hydroxylation is 1. The number of methoxy groups -OCH3 is 1. The summed E-state index contributed by atoms with van der Waals surface area (Å²) in [5, 5.41) is 7.72. The maximum absolute atomic E-state index is 5.66. The molecule has 2 heterocycles. The molecule has 6 nitrogen and oxygen atoms in total. The van der Waals surface area contributed by atoms with Crippen molar-refractivity contribution in [1.82, 2.24) is 19.7 Å². The molecule has 0 aliphatic heterocycles. The van der Waals surface area contributed by atoms with E-state index in [4.69, 9.17) is 14.7 Å². The summed E-state index contributed by atoms with van der Waals surface area (Å²) in [6, 6.07) is 8.14. The van der Waals surface area contributed by atoms with Gasteiger partial charge in [-0.25, -0.2) is 14.6 Å². The van der Waals surface area contributed by atoms with Crippen LogP contribution in [0.5, 0.6) is 5.75 Å². The number of benzene rings is 1. The molecule has 3 aromatic rings. The Kier molecular flexibility index (Phi) is 5.78. The SMILES string of the molecule is C=C(C)c1nc(-c2ccc(-n3cccn3)cc2OC)c(C)nc1NC(C)CC. The van der Waals surface area contributed by atoms with Crippen molar-refractivity contribution in [3.05, 3.63) is 54.6 Å². The number of ether oxygens (including phenoxy) is 1. The fourth-order valence-corrected chi connectivity index (χ4v) is 2.95. The molecule has 146 valence electrons. The fraction of sp³-hybridized carbons (Fsp3) is 0.318. The highest BCUT2D eigenvalue weighted by molar-refractivity contribution is 5.76. The third-order valence-electron chi connectivity index (χ3n) is 4.68. The van der Waals surface area contributed by atoms with Gasteiger partial charge < -0.3 is 10.1 Å². The van der Waals surface area contributed by atoms with Gasteiger partial charge >= 0.3 is 0 Å². The summed E-state index contributed by atoms with van der Waals surface area (Å²) in [6.07, 6.45) is 4.65. The van der Waals surface area contributed by atoms with Crippen LogP contribution in [0.4, 0.5) is 5.82 Å². The van der Waals surface area contributed by atoms with Crippen LogP contribution in [0.3, 0.4) is 0 Å². The number of hydrogen-bond acceptors (Lipinski definition) is 5. The second kappa shape index (κ2) is 8.25. The molecule has 0 fully saturated rings. The van der Waals surface area contributed by atoms with E-state index in [1.54, 1.807) is 18.0 Å². The lowest BCUT2D eigenvalue weighted by molar-refractivity contribution is 0.416. The van der Waals surface area contributed by atoms with E-state index in [9.17, 15) is 0 Å². The normalized spacial score (nSPS) is 11.9. The average Bonchev–Trinajstić information content (AvgIpc) is 3.22. The maximum atomic E-state index is 5.66. The van der Waals surface area contributed by atoms with Crippen LogP contribution in [0, 0.1) is 6.92 Å². The molecule has 2 aromatic heterocycles. The molecule has 3 rings (SSSR count). The number of anilines is 1. The Bertz CT molecular complexity index is 979. The topological polar surface area (TPSA) is 64.9 Å². The summed E-state index contributed by atoms with van der Waals surface area (Å²) in [6.45, 7) is 12.3. The zero-order chi connectivity index (χ0) is 20.3. The fourth-order valence-electron chi connectivity index (χ4n) is 2.95. The third kappa shape index (κ3) is 3.91. The van der Waals surface area contributed by atoms with Gasteiger partial charge in [-0.3, -0.25) is 0 Å². The van der Waals surface area contributed by atoms with Gasteiger partial charge in [-0.2, -0.15) is 5.10 Å². The van der Waals surface area contributed by atoms with E-state index in [0.29, 0.717) is 6.04 Å². The van der Waals surface area contributed by atoms with Gasteiger partial charge in [0.05, 0.1) is 24.2 Å². The minimum atomic E-state index is 0.306. The smallest absolute Gasteiger partial charge is 0.152 e. The van der Waals surface area contributed by atoms with Crippen molar-refractivity contribution in [2.24, 2.45) is 0 Å². The molecule has 1 atom stereocenters. The van der Waals surface area contributed by atoms with E-state index in [1.807, 2.05) is 44.3 Å². The van der Waals surface area contributed by atoms with Crippen LogP contribution in [0.1, 0.15) is 38.6 Å². The number of aromatic nitrogens is 4. The Morgan fingerprint density at radius 3 is 2.71 bits per heavy atom. The summed E-state index contributed by atoms with van der Waals surface area (Å²) >= 11 is 0. The summed E-state index contributed by atoms with van der Waals surface area (Å²) in [4.78, 5) is 9.70. The molecule has 0 spiro atoms. The quantitative estimate of drug-likeness (QED) is 0.635. The highest BCUT2D eigenvalue weighted by Gasteiger charge is 2.18. The molecule has 0 bridgehead atoms. The van der Waals surface area contributed by atoms with Gasteiger partial charge in [0.25, 0.3) is 0 Å². The number of rotatable bonds is 7. The summed E-state index contributed by atoms with van der Waals surface area (Å²) < 4.78 is 7.45. The molecule has 0 saturated heterocycles. The van der Waals surface area contributed by atoms with E-state index in [1.165, 1.54) is 0 Å². The van der Waals surface area contributed by atoms with Crippen LogP contribution in [0.25, 0.3) is 22.5 Å². The lowest BCUT2D eigenvalue weighted by Crippen LogP contribution is -2.17. The van der Waals surface area contributed by atoms with E-state index < -0.39 is 0 Å². The molecule has 1 aromatic carbocycles. The molecule has 0 radical (unpaired) electrons. The van der Waals surface area contributed by atoms with Gasteiger partial charge in [-0.15, -0.1) is 0 Å². The Morgan fingerprint density at radius 1 is 1.32 bits per heavy atom. The van der Waals surface area contributed by atoms with Gasteiger partial charge in [-0.1, -0.05) is 13.5 Å². The molecule has 0 aliphatic rings. The number of hydrogen-bond donors (Lipinski definition) is 1. The summed E-state index contributed by atoms with van der Waals surface area (Å²) in [7, 11) is 1.66. The zero-order valence-electron chi connectivity index (χ0n) is 17.2. The first-order valence-electron chi connectivity index (χ1n) is 9.44. The molecular weight excluding hydrogens is 350 g/mol. The lowest BCUT2D eigenvalue weighted by atomic mass is 10.1. The monoisotopic (exact) mass is 377 g/mol. The molecule has 28 heavy (non-hydrogen) atoms. The van der Waals surface area contributed by atoms with Gasteiger partial charge in [0.15, 0.2) is 5.82 Å². The van der Waals surface area contributed by atoms with E-state index in [-0.39, 0.29) is 0 Å². The molecule has 1 unspecified atom stereocenters. The van der Waals surface area contributed by atoms with Crippen LogP contribution in [0.2, 0.25) is 0 Å². The van der Waals surface area contributed by atoms with E-state index in [2.05, 4.69) is 30.8 Å². The van der Waals surface area contributed by atoms with Crippen LogP contribution in [0.15, 0.2) is 43.2 Å². The molecule has 0 aliphatic carbocycles. The predicted octanol–water partition coefficient (Wildman–Crippen LogP) is 4.89. The summed E-state index contributed by atoms with van der Waals surface area (Å²) in [5.74, 6) is 1.50.